The molecule has 0 radical (unpaired) electrons. The lowest BCUT2D eigenvalue weighted by atomic mass is 10.0. The lowest BCUT2D eigenvalue weighted by Gasteiger charge is -2.16. The number of hydrogen-bond donors (Lipinski definition) is 2. The first-order valence-corrected chi connectivity index (χ1v) is 6.19. The maximum Gasteiger partial charge on any atom is 0.305 e. The fraction of sp³-hybridized carbons (Fsp3) is 0.200. The molecule has 0 aliphatic heterocycles. The highest BCUT2D eigenvalue weighted by atomic mass is 16.4. The van der Waals surface area contributed by atoms with Crippen LogP contribution < -0.4 is 5.32 Å². The number of rotatable bonds is 5. The van der Waals surface area contributed by atoms with Crippen LogP contribution in [0.2, 0.25) is 0 Å². The summed E-state index contributed by atoms with van der Waals surface area (Å²) in [4.78, 5) is 23.0. The van der Waals surface area contributed by atoms with E-state index in [9.17, 15) is 9.59 Å². The van der Waals surface area contributed by atoms with E-state index in [0.29, 0.717) is 5.56 Å². The van der Waals surface area contributed by atoms with E-state index in [1.165, 1.54) is 6.26 Å². The molecule has 20 heavy (non-hydrogen) atoms. The zero-order valence-electron chi connectivity index (χ0n) is 11.0. The summed E-state index contributed by atoms with van der Waals surface area (Å²) in [7, 11) is 0. The van der Waals surface area contributed by atoms with Crippen LogP contribution in [0.5, 0.6) is 0 Å². The van der Waals surface area contributed by atoms with Gasteiger partial charge in [0.15, 0.2) is 5.76 Å². The maximum absolute atomic E-state index is 12.1. The number of nitrogens with one attached hydrogen (secondary N) is 1. The van der Waals surface area contributed by atoms with Gasteiger partial charge in [0.05, 0.1) is 18.7 Å². The van der Waals surface area contributed by atoms with Crippen LogP contribution in [0.25, 0.3) is 0 Å². The molecular weight excluding hydrogens is 258 g/mol. The van der Waals surface area contributed by atoms with Crippen molar-refractivity contribution >= 4 is 11.9 Å². The Balaban J connectivity index is 2.18. The van der Waals surface area contributed by atoms with Crippen molar-refractivity contribution in [3.05, 3.63) is 59.5 Å². The summed E-state index contributed by atoms with van der Waals surface area (Å²) in [5, 5.41) is 11.7. The molecule has 5 nitrogen and oxygen atoms in total. The number of hydrogen-bond acceptors (Lipinski definition) is 3. The summed E-state index contributed by atoms with van der Waals surface area (Å²) in [6, 6.07) is 10.1. The number of amides is 1. The number of carboxylic acids is 1. The van der Waals surface area contributed by atoms with Crippen molar-refractivity contribution in [3.63, 3.8) is 0 Å². The van der Waals surface area contributed by atoms with Crippen molar-refractivity contribution < 1.29 is 19.1 Å². The van der Waals surface area contributed by atoms with Gasteiger partial charge in [-0.3, -0.25) is 9.59 Å². The zero-order valence-corrected chi connectivity index (χ0v) is 11.0. The fourth-order valence-electron chi connectivity index (χ4n) is 1.94. The van der Waals surface area contributed by atoms with Crippen LogP contribution >= 0.6 is 0 Å². The SMILES string of the molecule is Cc1ccoc1C(=O)NC(CC(=O)O)c1ccccc1. The van der Waals surface area contributed by atoms with Crippen LogP contribution in [0.1, 0.15) is 34.1 Å². The van der Waals surface area contributed by atoms with Gasteiger partial charge >= 0.3 is 5.97 Å². The third kappa shape index (κ3) is 3.26. The molecule has 2 N–H and O–H groups in total. The van der Waals surface area contributed by atoms with Crippen LogP contribution in [0.4, 0.5) is 0 Å². The Bertz CT molecular complexity index is 603. The van der Waals surface area contributed by atoms with E-state index in [2.05, 4.69) is 5.32 Å². The van der Waals surface area contributed by atoms with Gasteiger partial charge in [0.25, 0.3) is 5.91 Å². The Morgan fingerprint density at radius 1 is 1.25 bits per heavy atom. The van der Waals surface area contributed by atoms with Crippen LogP contribution in [0.15, 0.2) is 47.1 Å². The summed E-state index contributed by atoms with van der Waals surface area (Å²) >= 11 is 0. The Morgan fingerprint density at radius 3 is 2.50 bits per heavy atom. The summed E-state index contributed by atoms with van der Waals surface area (Å²) in [6.07, 6.45) is 1.24. The third-order valence-corrected chi connectivity index (χ3v) is 2.95. The van der Waals surface area contributed by atoms with Crippen LogP contribution in [0, 0.1) is 6.92 Å². The van der Waals surface area contributed by atoms with Gasteiger partial charge in [-0.25, -0.2) is 0 Å². The standard InChI is InChI=1S/C15H15NO4/c1-10-7-8-20-14(10)15(19)16-12(9-13(17)18)11-5-3-2-4-6-11/h2-8,12H,9H2,1H3,(H,16,19)(H,17,18). The third-order valence-electron chi connectivity index (χ3n) is 2.95. The summed E-state index contributed by atoms with van der Waals surface area (Å²) in [5.41, 5.74) is 1.46. The lowest BCUT2D eigenvalue weighted by molar-refractivity contribution is -0.137. The van der Waals surface area contributed by atoms with E-state index >= 15 is 0 Å². The second-order valence-corrected chi connectivity index (χ2v) is 4.47. The van der Waals surface area contributed by atoms with Gasteiger partial charge in [0.1, 0.15) is 0 Å². The first-order valence-electron chi connectivity index (χ1n) is 6.19. The molecule has 0 saturated carbocycles. The first-order chi connectivity index (χ1) is 9.58. The number of carbonyl (C=O) groups is 2. The van der Waals surface area contributed by atoms with Crippen molar-refractivity contribution in [1.29, 1.82) is 0 Å². The predicted molar refractivity (Wildman–Crippen MR) is 72.3 cm³/mol. The molecule has 0 spiro atoms. The average molecular weight is 273 g/mol. The Labute approximate surface area is 116 Å². The van der Waals surface area contributed by atoms with E-state index < -0.39 is 17.9 Å². The smallest absolute Gasteiger partial charge is 0.305 e. The van der Waals surface area contributed by atoms with Crippen molar-refractivity contribution in [2.75, 3.05) is 0 Å². The number of benzene rings is 1. The van der Waals surface area contributed by atoms with E-state index in [-0.39, 0.29) is 12.2 Å². The molecule has 2 rings (SSSR count). The number of furan rings is 1. The van der Waals surface area contributed by atoms with Gasteiger partial charge in [-0.15, -0.1) is 0 Å². The molecule has 0 aliphatic carbocycles. The van der Waals surface area contributed by atoms with Crippen molar-refractivity contribution in [2.24, 2.45) is 0 Å². The molecule has 0 saturated heterocycles. The van der Waals surface area contributed by atoms with Gasteiger partial charge in [0, 0.05) is 5.56 Å². The van der Waals surface area contributed by atoms with Crippen molar-refractivity contribution in [3.8, 4) is 0 Å². The topological polar surface area (TPSA) is 79.5 Å². The molecule has 5 heteroatoms. The van der Waals surface area contributed by atoms with Crippen LogP contribution in [0.3, 0.4) is 0 Å². The second kappa shape index (κ2) is 6.06. The first kappa shape index (κ1) is 13.9. The van der Waals surface area contributed by atoms with Gasteiger partial charge in [-0.2, -0.15) is 0 Å². The highest BCUT2D eigenvalue weighted by Gasteiger charge is 2.21. The molecule has 104 valence electrons. The molecular formula is C15H15NO4. The Hall–Kier alpha value is -2.56. The van der Waals surface area contributed by atoms with Crippen LogP contribution in [-0.2, 0) is 4.79 Å². The van der Waals surface area contributed by atoms with E-state index in [4.69, 9.17) is 9.52 Å². The minimum Gasteiger partial charge on any atom is -0.481 e. The van der Waals surface area contributed by atoms with Crippen molar-refractivity contribution in [1.82, 2.24) is 5.32 Å². The fourth-order valence-corrected chi connectivity index (χ4v) is 1.94. The largest absolute Gasteiger partial charge is 0.481 e. The number of carboxylic acid groups (broad SMARTS) is 1. The molecule has 1 aromatic carbocycles. The van der Waals surface area contributed by atoms with Gasteiger partial charge < -0.3 is 14.8 Å². The quantitative estimate of drug-likeness (QED) is 0.877. The highest BCUT2D eigenvalue weighted by molar-refractivity contribution is 5.93. The van der Waals surface area contributed by atoms with Crippen LogP contribution in [-0.4, -0.2) is 17.0 Å². The van der Waals surface area contributed by atoms with E-state index in [0.717, 1.165) is 5.56 Å². The zero-order chi connectivity index (χ0) is 14.5. The molecule has 1 atom stereocenters. The summed E-state index contributed by atoms with van der Waals surface area (Å²) in [6.45, 7) is 1.76. The minimum absolute atomic E-state index is 0.185. The van der Waals surface area contributed by atoms with E-state index in [1.807, 2.05) is 6.07 Å². The number of carbonyl (C=O) groups excluding carboxylic acids is 1. The van der Waals surface area contributed by atoms with Gasteiger partial charge in [0.2, 0.25) is 0 Å². The molecule has 0 bridgehead atoms. The molecule has 0 aliphatic rings. The normalized spacial score (nSPS) is 11.8. The lowest BCUT2D eigenvalue weighted by Crippen LogP contribution is -2.30. The van der Waals surface area contributed by atoms with Gasteiger partial charge in [-0.05, 0) is 18.6 Å². The molecule has 1 aromatic heterocycles. The minimum atomic E-state index is -0.977. The van der Waals surface area contributed by atoms with Gasteiger partial charge in [-0.1, -0.05) is 30.3 Å². The summed E-state index contributed by atoms with van der Waals surface area (Å²) in [5.74, 6) is -1.19. The Kier molecular flexibility index (Phi) is 4.20. The Morgan fingerprint density at radius 2 is 1.95 bits per heavy atom. The second-order valence-electron chi connectivity index (χ2n) is 4.47. The maximum atomic E-state index is 12.1. The summed E-state index contributed by atoms with van der Waals surface area (Å²) < 4.78 is 5.11. The monoisotopic (exact) mass is 273 g/mol. The molecule has 1 heterocycles. The van der Waals surface area contributed by atoms with E-state index in [1.54, 1.807) is 37.3 Å². The van der Waals surface area contributed by atoms with Crippen molar-refractivity contribution in [2.45, 2.75) is 19.4 Å². The molecule has 1 amide bonds. The molecule has 0 fully saturated rings. The highest BCUT2D eigenvalue weighted by Crippen LogP contribution is 2.18. The molecule has 2 aromatic rings. The number of aliphatic carboxylic acids is 1. The molecule has 1 unspecified atom stereocenters. The predicted octanol–water partition coefficient (Wildman–Crippen LogP) is 2.53. The number of aryl methyl sites for hydroxylation is 1. The average Bonchev–Trinajstić information content (AvgIpc) is 2.85.